The Morgan fingerprint density at radius 1 is 1.19 bits per heavy atom. The summed E-state index contributed by atoms with van der Waals surface area (Å²) in [5.41, 5.74) is 3.15. The van der Waals surface area contributed by atoms with E-state index in [1.165, 1.54) is 11.9 Å². The van der Waals surface area contributed by atoms with Gasteiger partial charge in [0.15, 0.2) is 11.5 Å². The summed E-state index contributed by atoms with van der Waals surface area (Å²) in [6.07, 6.45) is 6.18. The summed E-state index contributed by atoms with van der Waals surface area (Å²) in [6.45, 7) is 3.79. The Hall–Kier alpha value is -3.23. The number of anilines is 1. The average Bonchev–Trinajstić information content (AvgIpc) is 3.24. The zero-order chi connectivity index (χ0) is 20.7. The molecule has 0 amide bonds. The number of likely N-dealkylation sites (N-methyl/N-ethyl adjacent to an activating group) is 1. The van der Waals surface area contributed by atoms with Crippen LogP contribution in [0, 0.1) is 0 Å². The molecule has 1 aromatic carbocycles. The number of imidazole rings is 1. The van der Waals surface area contributed by atoms with Gasteiger partial charge in [0.1, 0.15) is 17.6 Å². The van der Waals surface area contributed by atoms with Crippen LogP contribution in [0.25, 0.3) is 27.5 Å². The van der Waals surface area contributed by atoms with Crippen LogP contribution < -0.4 is 10.9 Å². The van der Waals surface area contributed by atoms with E-state index in [1.54, 1.807) is 6.33 Å². The standard InChI is InChI=1S/C22H22N6O2.ClH/c1-13(27-21-18-20(24-11-23-18)25-12-26-21)19-17(14-7-9-28(2)10-8-14)15-5-3-4-6-16(15)22(29)30-19;/h3-7,11-13H,8-10H2,1-2H3,(H2,23,24,25,26,27);1H. The summed E-state index contributed by atoms with van der Waals surface area (Å²) in [4.78, 5) is 30.8. The number of rotatable bonds is 4. The maximum atomic E-state index is 12.7. The van der Waals surface area contributed by atoms with Gasteiger partial charge in [0.05, 0.1) is 17.8 Å². The van der Waals surface area contributed by atoms with Crippen LogP contribution in [0.1, 0.15) is 30.7 Å². The lowest BCUT2D eigenvalue weighted by Crippen LogP contribution is -2.24. The molecule has 31 heavy (non-hydrogen) atoms. The molecule has 4 aromatic rings. The van der Waals surface area contributed by atoms with Gasteiger partial charge in [-0.1, -0.05) is 24.3 Å². The van der Waals surface area contributed by atoms with E-state index in [0.29, 0.717) is 28.1 Å². The van der Waals surface area contributed by atoms with E-state index >= 15 is 0 Å². The molecule has 2 N–H and O–H groups in total. The fourth-order valence-electron chi connectivity index (χ4n) is 3.99. The largest absolute Gasteiger partial charge is 0.425 e. The molecule has 8 nitrogen and oxygen atoms in total. The molecule has 1 aliphatic heterocycles. The molecule has 160 valence electrons. The number of fused-ring (bicyclic) bond motifs is 2. The van der Waals surface area contributed by atoms with Crippen molar-refractivity contribution in [1.82, 2.24) is 24.8 Å². The Kier molecular flexibility index (Phi) is 5.75. The lowest BCUT2D eigenvalue weighted by molar-refractivity contribution is 0.369. The Morgan fingerprint density at radius 3 is 2.77 bits per heavy atom. The maximum Gasteiger partial charge on any atom is 0.343 e. The van der Waals surface area contributed by atoms with Gasteiger partial charge in [-0.2, -0.15) is 0 Å². The molecule has 0 fully saturated rings. The monoisotopic (exact) mass is 438 g/mol. The number of nitrogens with one attached hydrogen (secondary N) is 2. The molecule has 0 bridgehead atoms. The number of nitrogens with zero attached hydrogens (tertiary/aromatic N) is 4. The molecule has 0 spiro atoms. The summed E-state index contributed by atoms with van der Waals surface area (Å²) < 4.78 is 5.89. The van der Waals surface area contributed by atoms with Crippen molar-refractivity contribution in [3.05, 3.63) is 64.7 Å². The molecular weight excluding hydrogens is 416 g/mol. The Labute approximate surface area is 184 Å². The van der Waals surface area contributed by atoms with Crippen LogP contribution in [-0.2, 0) is 0 Å². The van der Waals surface area contributed by atoms with E-state index < -0.39 is 0 Å². The van der Waals surface area contributed by atoms with E-state index in [9.17, 15) is 4.79 Å². The van der Waals surface area contributed by atoms with E-state index in [2.05, 4.69) is 43.3 Å². The van der Waals surface area contributed by atoms with Crippen molar-refractivity contribution in [3.8, 4) is 0 Å². The van der Waals surface area contributed by atoms with Crippen molar-refractivity contribution in [2.24, 2.45) is 0 Å². The minimum atomic E-state index is -0.334. The van der Waals surface area contributed by atoms with Crippen LogP contribution in [0.4, 0.5) is 5.82 Å². The van der Waals surface area contributed by atoms with Crippen LogP contribution in [0.3, 0.4) is 0 Å². The van der Waals surface area contributed by atoms with E-state index in [-0.39, 0.29) is 24.1 Å². The molecular formula is C22H23ClN6O2. The maximum absolute atomic E-state index is 12.7. The second kappa shape index (κ2) is 8.49. The van der Waals surface area contributed by atoms with Crippen molar-refractivity contribution in [1.29, 1.82) is 0 Å². The molecule has 1 aliphatic rings. The zero-order valence-electron chi connectivity index (χ0n) is 17.3. The fraction of sp³-hybridized carbons (Fsp3) is 0.273. The number of hydrogen-bond donors (Lipinski definition) is 2. The lowest BCUT2D eigenvalue weighted by atomic mass is 9.92. The fourth-order valence-corrected chi connectivity index (χ4v) is 3.99. The number of H-pyrrole nitrogens is 1. The number of aromatic amines is 1. The summed E-state index contributed by atoms with van der Waals surface area (Å²) in [5, 5.41) is 4.88. The zero-order valence-corrected chi connectivity index (χ0v) is 18.1. The quantitative estimate of drug-likeness (QED) is 0.500. The van der Waals surface area contributed by atoms with Crippen molar-refractivity contribution < 1.29 is 4.42 Å². The van der Waals surface area contributed by atoms with Crippen LogP contribution in [0.5, 0.6) is 0 Å². The molecule has 0 aliphatic carbocycles. The van der Waals surface area contributed by atoms with Crippen LogP contribution >= 0.6 is 12.4 Å². The minimum absolute atomic E-state index is 0. The first-order chi connectivity index (χ1) is 14.6. The van der Waals surface area contributed by atoms with Gasteiger partial charge in [0, 0.05) is 18.7 Å². The molecule has 3 aromatic heterocycles. The van der Waals surface area contributed by atoms with Gasteiger partial charge in [-0.3, -0.25) is 0 Å². The highest BCUT2D eigenvalue weighted by molar-refractivity contribution is 5.94. The molecule has 5 rings (SSSR count). The predicted molar refractivity (Wildman–Crippen MR) is 124 cm³/mol. The van der Waals surface area contributed by atoms with Crippen molar-refractivity contribution in [2.45, 2.75) is 19.4 Å². The van der Waals surface area contributed by atoms with Gasteiger partial charge in [-0.15, -0.1) is 12.4 Å². The van der Waals surface area contributed by atoms with Gasteiger partial charge in [0.25, 0.3) is 0 Å². The van der Waals surface area contributed by atoms with Crippen LogP contribution in [0.2, 0.25) is 0 Å². The molecule has 1 unspecified atom stereocenters. The highest BCUT2D eigenvalue weighted by atomic mass is 35.5. The van der Waals surface area contributed by atoms with Crippen molar-refractivity contribution in [2.75, 3.05) is 25.5 Å². The van der Waals surface area contributed by atoms with Crippen LogP contribution in [-0.4, -0.2) is 45.0 Å². The first kappa shape index (κ1) is 21.0. The average molecular weight is 439 g/mol. The molecule has 1 atom stereocenters. The van der Waals surface area contributed by atoms with Crippen LogP contribution in [0.15, 0.2) is 52.2 Å². The lowest BCUT2D eigenvalue weighted by Gasteiger charge is -2.25. The van der Waals surface area contributed by atoms with Gasteiger partial charge >= 0.3 is 5.63 Å². The third-order valence-corrected chi connectivity index (χ3v) is 5.56. The predicted octanol–water partition coefficient (Wildman–Crippen LogP) is 3.77. The first-order valence-electron chi connectivity index (χ1n) is 9.96. The Bertz CT molecular complexity index is 1330. The first-order valence-corrected chi connectivity index (χ1v) is 9.96. The Balaban J connectivity index is 0.00000231. The van der Waals surface area contributed by atoms with Crippen molar-refractivity contribution in [3.63, 3.8) is 0 Å². The minimum Gasteiger partial charge on any atom is -0.425 e. The van der Waals surface area contributed by atoms with E-state index in [1.807, 2.05) is 31.2 Å². The number of hydrogen-bond acceptors (Lipinski definition) is 7. The van der Waals surface area contributed by atoms with Gasteiger partial charge < -0.3 is 19.6 Å². The number of aromatic nitrogens is 4. The summed E-state index contributed by atoms with van der Waals surface area (Å²) in [5.74, 6) is 1.20. The summed E-state index contributed by atoms with van der Waals surface area (Å²) >= 11 is 0. The van der Waals surface area contributed by atoms with Crippen molar-refractivity contribution >= 4 is 45.7 Å². The van der Waals surface area contributed by atoms with E-state index in [4.69, 9.17) is 4.42 Å². The highest BCUT2D eigenvalue weighted by Crippen LogP contribution is 2.35. The number of halogens is 1. The second-order valence-corrected chi connectivity index (χ2v) is 7.60. The Morgan fingerprint density at radius 2 is 2.00 bits per heavy atom. The second-order valence-electron chi connectivity index (χ2n) is 7.60. The molecule has 0 saturated heterocycles. The van der Waals surface area contributed by atoms with Gasteiger partial charge in [0.2, 0.25) is 0 Å². The third kappa shape index (κ3) is 3.80. The van der Waals surface area contributed by atoms with Gasteiger partial charge in [-0.25, -0.2) is 19.7 Å². The smallest absolute Gasteiger partial charge is 0.343 e. The van der Waals surface area contributed by atoms with Gasteiger partial charge in [-0.05, 0) is 37.4 Å². The molecule has 0 radical (unpaired) electrons. The third-order valence-electron chi connectivity index (χ3n) is 5.56. The molecule has 4 heterocycles. The molecule has 0 saturated carbocycles. The summed E-state index contributed by atoms with van der Waals surface area (Å²) in [7, 11) is 2.10. The highest BCUT2D eigenvalue weighted by Gasteiger charge is 2.24. The SMILES string of the molecule is CC(Nc1ncnc2[nH]cnc12)c1oc(=O)c2ccccc2c1C1=CCN(C)CC1.Cl. The normalized spacial score (nSPS) is 15.5. The summed E-state index contributed by atoms with van der Waals surface area (Å²) in [6, 6.07) is 7.34. The van der Waals surface area contributed by atoms with E-state index in [0.717, 1.165) is 30.5 Å². The number of benzene rings is 1. The topological polar surface area (TPSA) is 99.9 Å². The molecule has 9 heteroatoms.